The van der Waals surface area contributed by atoms with Crippen molar-refractivity contribution in [2.45, 2.75) is 45.6 Å². The highest BCUT2D eigenvalue weighted by atomic mass is 16.5. The molecule has 1 saturated heterocycles. The molecule has 0 aromatic carbocycles. The number of likely N-dealkylation sites (tertiary alicyclic amines) is 1. The number of nitrogens with zero attached hydrogens (tertiary/aromatic N) is 2. The van der Waals surface area contributed by atoms with Crippen LogP contribution < -0.4 is 5.32 Å². The van der Waals surface area contributed by atoms with Gasteiger partial charge in [-0.3, -0.25) is 9.69 Å². The fourth-order valence-electron chi connectivity index (χ4n) is 2.48. The molecule has 0 atom stereocenters. The maximum absolute atomic E-state index is 11.9. The third-order valence-corrected chi connectivity index (χ3v) is 3.70. The Labute approximate surface area is 114 Å². The van der Waals surface area contributed by atoms with Gasteiger partial charge in [0.25, 0.3) is 0 Å². The van der Waals surface area contributed by atoms with Gasteiger partial charge >= 0.3 is 0 Å². The molecule has 0 radical (unpaired) electrons. The first-order valence-electron chi connectivity index (χ1n) is 6.91. The molecule has 1 amide bonds. The largest absolute Gasteiger partial charge is 0.361 e. The van der Waals surface area contributed by atoms with E-state index >= 15 is 0 Å². The second kappa shape index (κ2) is 5.74. The van der Waals surface area contributed by atoms with Crippen LogP contribution in [0.2, 0.25) is 0 Å². The minimum Gasteiger partial charge on any atom is -0.361 e. The standard InChI is InChI=1S/C14H23N3O2/c1-11-8-12(16-19-11)9-13(18)15-10-14(2,3)17-6-4-5-7-17/h8H,4-7,9-10H2,1-3H3,(H,15,18). The number of aromatic nitrogens is 1. The average Bonchev–Trinajstić information content (AvgIpc) is 2.98. The molecule has 1 aliphatic rings. The van der Waals surface area contributed by atoms with Crippen molar-refractivity contribution in [1.82, 2.24) is 15.4 Å². The van der Waals surface area contributed by atoms with E-state index in [4.69, 9.17) is 4.52 Å². The average molecular weight is 265 g/mol. The first kappa shape index (κ1) is 14.1. The molecule has 1 N–H and O–H groups in total. The quantitative estimate of drug-likeness (QED) is 0.877. The molecule has 0 spiro atoms. The van der Waals surface area contributed by atoms with Crippen LogP contribution in [0.5, 0.6) is 0 Å². The van der Waals surface area contributed by atoms with Gasteiger partial charge in [-0.2, -0.15) is 0 Å². The lowest BCUT2D eigenvalue weighted by Crippen LogP contribution is -2.50. The third-order valence-electron chi connectivity index (χ3n) is 3.70. The summed E-state index contributed by atoms with van der Waals surface area (Å²) in [5, 5.41) is 6.83. The van der Waals surface area contributed by atoms with Gasteiger partial charge in [-0.1, -0.05) is 5.16 Å². The topological polar surface area (TPSA) is 58.4 Å². The zero-order valence-corrected chi connectivity index (χ0v) is 12.0. The van der Waals surface area contributed by atoms with Crippen LogP contribution in [-0.4, -0.2) is 41.1 Å². The van der Waals surface area contributed by atoms with Gasteiger partial charge in [0.15, 0.2) is 0 Å². The van der Waals surface area contributed by atoms with E-state index in [1.54, 1.807) is 6.07 Å². The van der Waals surface area contributed by atoms with Crippen molar-refractivity contribution < 1.29 is 9.32 Å². The number of carbonyl (C=O) groups excluding carboxylic acids is 1. The lowest BCUT2D eigenvalue weighted by molar-refractivity contribution is -0.121. The predicted molar refractivity (Wildman–Crippen MR) is 72.8 cm³/mol. The van der Waals surface area contributed by atoms with Gasteiger partial charge < -0.3 is 9.84 Å². The van der Waals surface area contributed by atoms with Gasteiger partial charge in [-0.25, -0.2) is 0 Å². The number of rotatable bonds is 5. The summed E-state index contributed by atoms with van der Waals surface area (Å²) in [6, 6.07) is 1.80. The molecular formula is C14H23N3O2. The summed E-state index contributed by atoms with van der Waals surface area (Å²) in [7, 11) is 0. The van der Waals surface area contributed by atoms with Crippen molar-refractivity contribution in [3.63, 3.8) is 0 Å². The summed E-state index contributed by atoms with van der Waals surface area (Å²) >= 11 is 0. The van der Waals surface area contributed by atoms with Gasteiger partial charge in [-0.15, -0.1) is 0 Å². The van der Waals surface area contributed by atoms with Crippen molar-refractivity contribution in [1.29, 1.82) is 0 Å². The van der Waals surface area contributed by atoms with Crippen molar-refractivity contribution >= 4 is 5.91 Å². The first-order chi connectivity index (χ1) is 8.97. The van der Waals surface area contributed by atoms with Crippen LogP contribution in [0.4, 0.5) is 0 Å². The lowest BCUT2D eigenvalue weighted by atomic mass is 10.0. The lowest BCUT2D eigenvalue weighted by Gasteiger charge is -2.35. The molecule has 5 nitrogen and oxygen atoms in total. The summed E-state index contributed by atoms with van der Waals surface area (Å²) in [6.07, 6.45) is 2.80. The Balaban J connectivity index is 1.79. The van der Waals surface area contributed by atoms with Gasteiger partial charge in [0.2, 0.25) is 5.91 Å². The van der Waals surface area contributed by atoms with E-state index in [1.807, 2.05) is 6.92 Å². The number of amides is 1. The highest BCUT2D eigenvalue weighted by molar-refractivity contribution is 5.78. The molecule has 19 heavy (non-hydrogen) atoms. The van der Waals surface area contributed by atoms with Crippen LogP contribution in [0.3, 0.4) is 0 Å². The highest BCUT2D eigenvalue weighted by Gasteiger charge is 2.29. The van der Waals surface area contributed by atoms with Crippen LogP contribution >= 0.6 is 0 Å². The number of hydrogen-bond acceptors (Lipinski definition) is 4. The fourth-order valence-corrected chi connectivity index (χ4v) is 2.48. The Morgan fingerprint density at radius 2 is 2.16 bits per heavy atom. The van der Waals surface area contributed by atoms with E-state index in [2.05, 4.69) is 29.2 Å². The second-order valence-electron chi connectivity index (χ2n) is 5.89. The van der Waals surface area contributed by atoms with E-state index < -0.39 is 0 Å². The Morgan fingerprint density at radius 3 is 2.74 bits per heavy atom. The Kier molecular flexibility index (Phi) is 4.24. The van der Waals surface area contributed by atoms with Crippen molar-refractivity contribution in [2.75, 3.05) is 19.6 Å². The van der Waals surface area contributed by atoms with Crippen LogP contribution in [0, 0.1) is 6.92 Å². The minimum absolute atomic E-state index is 0.000530. The molecule has 2 heterocycles. The van der Waals surface area contributed by atoms with E-state index in [0.29, 0.717) is 12.2 Å². The minimum atomic E-state index is 0.000530. The van der Waals surface area contributed by atoms with Crippen molar-refractivity contribution in [3.8, 4) is 0 Å². The van der Waals surface area contributed by atoms with Gasteiger partial charge in [0.1, 0.15) is 5.76 Å². The predicted octanol–water partition coefficient (Wildman–Crippen LogP) is 1.52. The van der Waals surface area contributed by atoms with Crippen LogP contribution in [-0.2, 0) is 11.2 Å². The zero-order chi connectivity index (χ0) is 13.9. The molecule has 0 saturated carbocycles. The van der Waals surface area contributed by atoms with Crippen molar-refractivity contribution in [2.24, 2.45) is 0 Å². The maximum atomic E-state index is 11.9. The summed E-state index contributed by atoms with van der Waals surface area (Å²) in [4.78, 5) is 14.3. The SMILES string of the molecule is Cc1cc(CC(=O)NCC(C)(C)N2CCCC2)no1. The van der Waals surface area contributed by atoms with Crippen molar-refractivity contribution in [3.05, 3.63) is 17.5 Å². The Morgan fingerprint density at radius 1 is 1.47 bits per heavy atom. The molecule has 0 bridgehead atoms. The molecule has 1 aromatic rings. The smallest absolute Gasteiger partial charge is 0.226 e. The molecule has 106 valence electrons. The summed E-state index contributed by atoms with van der Waals surface area (Å²) in [5.41, 5.74) is 0.709. The zero-order valence-electron chi connectivity index (χ0n) is 12.0. The number of aryl methyl sites for hydroxylation is 1. The van der Waals surface area contributed by atoms with E-state index in [9.17, 15) is 4.79 Å². The number of hydrogen-bond donors (Lipinski definition) is 1. The maximum Gasteiger partial charge on any atom is 0.226 e. The van der Waals surface area contributed by atoms with Crippen LogP contribution in [0.15, 0.2) is 10.6 Å². The van der Waals surface area contributed by atoms with Gasteiger partial charge in [0, 0.05) is 18.2 Å². The molecule has 0 aliphatic carbocycles. The molecule has 5 heteroatoms. The van der Waals surface area contributed by atoms with Gasteiger partial charge in [-0.05, 0) is 46.7 Å². The molecule has 1 fully saturated rings. The van der Waals surface area contributed by atoms with Crippen LogP contribution in [0.1, 0.15) is 38.1 Å². The van der Waals surface area contributed by atoms with E-state index in [-0.39, 0.29) is 17.9 Å². The highest BCUT2D eigenvalue weighted by Crippen LogP contribution is 2.20. The number of carbonyl (C=O) groups is 1. The summed E-state index contributed by atoms with van der Waals surface area (Å²) in [5.74, 6) is 0.737. The third kappa shape index (κ3) is 3.80. The monoisotopic (exact) mass is 265 g/mol. The second-order valence-corrected chi connectivity index (χ2v) is 5.89. The fraction of sp³-hybridized carbons (Fsp3) is 0.714. The molecule has 0 unspecified atom stereocenters. The van der Waals surface area contributed by atoms with Crippen LogP contribution in [0.25, 0.3) is 0 Å². The Bertz CT molecular complexity index is 434. The summed E-state index contributed by atoms with van der Waals surface area (Å²) < 4.78 is 4.95. The molecule has 1 aromatic heterocycles. The number of nitrogens with one attached hydrogen (secondary N) is 1. The van der Waals surface area contributed by atoms with E-state index in [1.165, 1.54) is 12.8 Å². The summed E-state index contributed by atoms with van der Waals surface area (Å²) in [6.45, 7) is 9.11. The van der Waals surface area contributed by atoms with E-state index in [0.717, 1.165) is 18.8 Å². The van der Waals surface area contributed by atoms with Gasteiger partial charge in [0.05, 0.1) is 12.1 Å². The first-order valence-corrected chi connectivity index (χ1v) is 6.91. The Hall–Kier alpha value is -1.36. The molecule has 1 aliphatic heterocycles. The normalized spacial score (nSPS) is 16.8. The molecule has 2 rings (SSSR count). The molecular weight excluding hydrogens is 242 g/mol.